The zero-order valence-corrected chi connectivity index (χ0v) is 15.4. The summed E-state index contributed by atoms with van der Waals surface area (Å²) in [6, 6.07) is 16.9. The van der Waals surface area contributed by atoms with Crippen LogP contribution in [0.1, 0.15) is 33.0 Å². The van der Waals surface area contributed by atoms with Crippen molar-refractivity contribution in [1.29, 1.82) is 0 Å². The molecule has 0 saturated heterocycles. The highest BCUT2D eigenvalue weighted by Gasteiger charge is 2.42. The van der Waals surface area contributed by atoms with Crippen molar-refractivity contribution in [3.63, 3.8) is 0 Å². The number of aromatic nitrogens is 2. The Balaban J connectivity index is 1.90. The topological polar surface area (TPSA) is 73.1 Å². The molecule has 0 bridgehead atoms. The Morgan fingerprint density at radius 2 is 1.46 bits per heavy atom. The van der Waals surface area contributed by atoms with Crippen LogP contribution in [0, 0.1) is 0 Å². The van der Waals surface area contributed by atoms with Crippen LogP contribution in [0.25, 0.3) is 5.70 Å². The third-order valence-electron chi connectivity index (χ3n) is 5.61. The summed E-state index contributed by atoms with van der Waals surface area (Å²) in [4.78, 5) is 38.9. The maximum atomic E-state index is 13.3. The molecule has 1 unspecified atom stereocenters. The Morgan fingerprint density at radius 3 is 2.18 bits per heavy atom. The van der Waals surface area contributed by atoms with Gasteiger partial charge in [0.15, 0.2) is 5.78 Å². The van der Waals surface area contributed by atoms with Crippen LogP contribution in [0.5, 0.6) is 0 Å². The minimum Gasteiger partial charge on any atom is -0.340 e. The summed E-state index contributed by atoms with van der Waals surface area (Å²) in [7, 11) is 3.09. The molecule has 0 radical (unpaired) electrons. The number of allylic oxidation sites excluding steroid dienone is 1. The monoisotopic (exact) mass is 371 g/mol. The maximum Gasteiger partial charge on any atom is 0.332 e. The van der Waals surface area contributed by atoms with Gasteiger partial charge >= 0.3 is 5.69 Å². The molecule has 0 amide bonds. The van der Waals surface area contributed by atoms with Crippen molar-refractivity contribution in [3.8, 4) is 0 Å². The first-order valence-corrected chi connectivity index (χ1v) is 9.01. The highest BCUT2D eigenvalue weighted by molar-refractivity contribution is 6.23. The normalized spacial score (nSPS) is 17.1. The van der Waals surface area contributed by atoms with Gasteiger partial charge in [0.05, 0.1) is 11.3 Å². The van der Waals surface area contributed by atoms with Crippen molar-refractivity contribution in [2.75, 3.05) is 5.32 Å². The Hall–Kier alpha value is -3.67. The minimum atomic E-state index is -0.544. The number of hydrogen-bond donors (Lipinski definition) is 1. The van der Waals surface area contributed by atoms with E-state index >= 15 is 0 Å². The Labute approximate surface area is 160 Å². The van der Waals surface area contributed by atoms with E-state index in [0.29, 0.717) is 28.2 Å². The predicted octanol–water partition coefficient (Wildman–Crippen LogP) is 2.25. The van der Waals surface area contributed by atoms with Crippen LogP contribution in [0.3, 0.4) is 0 Å². The average molecular weight is 371 g/mol. The van der Waals surface area contributed by atoms with Crippen LogP contribution in [-0.2, 0) is 14.1 Å². The molecule has 6 heteroatoms. The number of benzene rings is 2. The van der Waals surface area contributed by atoms with Gasteiger partial charge in [-0.05, 0) is 5.56 Å². The molecule has 6 nitrogen and oxygen atoms in total. The maximum absolute atomic E-state index is 13.3. The first kappa shape index (κ1) is 16.5. The lowest BCUT2D eigenvalue weighted by molar-refractivity contribution is 0.103. The van der Waals surface area contributed by atoms with Crippen molar-refractivity contribution >= 4 is 17.3 Å². The van der Waals surface area contributed by atoms with Crippen molar-refractivity contribution in [2.24, 2.45) is 14.1 Å². The smallest absolute Gasteiger partial charge is 0.332 e. The number of Topliss-reactive ketones (excluding diaryl/α,β-unsaturated/α-hetero) is 1. The molecule has 138 valence electrons. The highest BCUT2D eigenvalue weighted by Crippen LogP contribution is 2.47. The van der Waals surface area contributed by atoms with Gasteiger partial charge in [0.25, 0.3) is 5.56 Å². The minimum absolute atomic E-state index is 0.0893. The standard InChI is InChI=1S/C22H17N3O3/c1-24-20-17(21(27)25(2)22(24)28)15(12-8-4-3-5-9-12)16-18(23-20)13-10-6-7-11-14(13)19(16)26/h3-11,15,23H,1-2H3. The Kier molecular flexibility index (Phi) is 3.34. The van der Waals surface area contributed by atoms with E-state index in [1.54, 1.807) is 13.1 Å². The summed E-state index contributed by atoms with van der Waals surface area (Å²) in [6.07, 6.45) is 0. The second-order valence-electron chi connectivity index (χ2n) is 7.10. The molecule has 2 heterocycles. The fraction of sp³-hybridized carbons (Fsp3) is 0.136. The number of anilines is 1. The molecule has 1 aliphatic carbocycles. The van der Waals surface area contributed by atoms with Gasteiger partial charge in [0, 0.05) is 36.7 Å². The first-order valence-electron chi connectivity index (χ1n) is 9.01. The number of fused-ring (bicyclic) bond motifs is 3. The van der Waals surface area contributed by atoms with Crippen LogP contribution < -0.4 is 16.6 Å². The number of rotatable bonds is 1. The zero-order chi connectivity index (χ0) is 19.6. The highest BCUT2D eigenvalue weighted by atomic mass is 16.2. The molecule has 28 heavy (non-hydrogen) atoms. The molecule has 5 rings (SSSR count). The van der Waals surface area contributed by atoms with E-state index < -0.39 is 17.2 Å². The number of nitrogens with one attached hydrogen (secondary N) is 1. The van der Waals surface area contributed by atoms with Gasteiger partial charge in [-0.3, -0.25) is 18.7 Å². The van der Waals surface area contributed by atoms with Gasteiger partial charge in [-0.15, -0.1) is 0 Å². The van der Waals surface area contributed by atoms with E-state index in [2.05, 4.69) is 5.32 Å². The molecule has 2 aliphatic rings. The molecular formula is C22H17N3O3. The molecule has 2 aromatic carbocycles. The molecule has 0 fully saturated rings. The first-order chi connectivity index (χ1) is 13.5. The lowest BCUT2D eigenvalue weighted by atomic mass is 9.81. The Bertz CT molecular complexity index is 1310. The fourth-order valence-electron chi connectivity index (χ4n) is 4.24. The summed E-state index contributed by atoms with van der Waals surface area (Å²) in [5.41, 5.74) is 3.07. The van der Waals surface area contributed by atoms with Crippen LogP contribution >= 0.6 is 0 Å². The molecule has 1 aromatic heterocycles. The van der Waals surface area contributed by atoms with Crippen molar-refractivity contribution in [1.82, 2.24) is 9.13 Å². The second-order valence-corrected chi connectivity index (χ2v) is 7.10. The number of hydrogen-bond acceptors (Lipinski definition) is 4. The fourth-order valence-corrected chi connectivity index (χ4v) is 4.24. The summed E-state index contributed by atoms with van der Waals surface area (Å²) in [6.45, 7) is 0. The third-order valence-corrected chi connectivity index (χ3v) is 5.61. The van der Waals surface area contributed by atoms with E-state index in [4.69, 9.17) is 0 Å². The number of carbonyl (C=O) groups excluding carboxylic acids is 1. The van der Waals surface area contributed by atoms with E-state index in [1.807, 2.05) is 48.5 Å². The van der Waals surface area contributed by atoms with Gasteiger partial charge in [0.2, 0.25) is 0 Å². The molecule has 0 spiro atoms. The second kappa shape index (κ2) is 5.66. The molecule has 3 aromatic rings. The van der Waals surface area contributed by atoms with Crippen LogP contribution in [0.4, 0.5) is 5.82 Å². The van der Waals surface area contributed by atoms with Gasteiger partial charge in [-0.1, -0.05) is 54.6 Å². The quantitative estimate of drug-likeness (QED) is 0.712. The summed E-state index contributed by atoms with van der Waals surface area (Å²) in [5, 5.41) is 3.23. The summed E-state index contributed by atoms with van der Waals surface area (Å²) >= 11 is 0. The van der Waals surface area contributed by atoms with E-state index in [1.165, 1.54) is 11.6 Å². The van der Waals surface area contributed by atoms with Crippen LogP contribution in [0.2, 0.25) is 0 Å². The SMILES string of the molecule is Cn1c2c(c(=O)n(C)c1=O)C(c1ccccc1)C1=C(N2)c2ccccc2C1=O. The van der Waals surface area contributed by atoms with Gasteiger partial charge < -0.3 is 5.32 Å². The number of carbonyl (C=O) groups is 1. The van der Waals surface area contributed by atoms with E-state index in [-0.39, 0.29) is 5.78 Å². The van der Waals surface area contributed by atoms with E-state index in [9.17, 15) is 14.4 Å². The molecular weight excluding hydrogens is 354 g/mol. The lowest BCUT2D eigenvalue weighted by Gasteiger charge is -2.29. The zero-order valence-electron chi connectivity index (χ0n) is 15.4. The van der Waals surface area contributed by atoms with Crippen LogP contribution in [-0.4, -0.2) is 14.9 Å². The predicted molar refractivity (Wildman–Crippen MR) is 107 cm³/mol. The van der Waals surface area contributed by atoms with Gasteiger partial charge in [0.1, 0.15) is 5.82 Å². The van der Waals surface area contributed by atoms with Crippen LogP contribution in [0.15, 0.2) is 69.8 Å². The van der Waals surface area contributed by atoms with E-state index in [0.717, 1.165) is 15.7 Å². The number of nitrogens with zero attached hydrogens (tertiary/aromatic N) is 2. The van der Waals surface area contributed by atoms with Gasteiger partial charge in [-0.25, -0.2) is 4.79 Å². The molecule has 1 atom stereocenters. The average Bonchev–Trinajstić information content (AvgIpc) is 3.02. The lowest BCUT2D eigenvalue weighted by Crippen LogP contribution is -2.42. The van der Waals surface area contributed by atoms with Crippen molar-refractivity contribution in [3.05, 3.63) is 103 Å². The number of ketones is 1. The van der Waals surface area contributed by atoms with Gasteiger partial charge in [-0.2, -0.15) is 0 Å². The van der Waals surface area contributed by atoms with Crippen molar-refractivity contribution in [2.45, 2.75) is 5.92 Å². The summed E-state index contributed by atoms with van der Waals surface area (Å²) in [5.74, 6) is -0.198. The van der Waals surface area contributed by atoms with Crippen molar-refractivity contribution < 1.29 is 4.79 Å². The molecule has 1 aliphatic heterocycles. The molecule has 0 saturated carbocycles. The third kappa shape index (κ3) is 2.00. The largest absolute Gasteiger partial charge is 0.340 e. The molecule has 1 N–H and O–H groups in total. The summed E-state index contributed by atoms with van der Waals surface area (Å²) < 4.78 is 2.52. The Morgan fingerprint density at radius 1 is 0.821 bits per heavy atom.